The summed E-state index contributed by atoms with van der Waals surface area (Å²) in [6.07, 6.45) is 0. The highest BCUT2D eigenvalue weighted by molar-refractivity contribution is 6.14. The van der Waals surface area contributed by atoms with Crippen LogP contribution in [0.2, 0.25) is 0 Å². The first-order valence-electron chi connectivity index (χ1n) is 22.2. The first-order valence-corrected chi connectivity index (χ1v) is 22.2. The molecular weight excluding hydrogens is 805 g/mol. The Morgan fingerprint density at radius 3 is 1.48 bits per heavy atom. The smallest absolute Gasteiger partial charge is 0.164 e. The van der Waals surface area contributed by atoms with Gasteiger partial charge in [0.25, 0.3) is 0 Å². The van der Waals surface area contributed by atoms with E-state index in [4.69, 9.17) is 19.4 Å². The van der Waals surface area contributed by atoms with Crippen molar-refractivity contribution in [3.8, 4) is 73.2 Å². The maximum Gasteiger partial charge on any atom is 0.164 e. The van der Waals surface area contributed by atoms with Gasteiger partial charge in [-0.1, -0.05) is 176 Å². The average Bonchev–Trinajstić information content (AvgIpc) is 3.93. The Kier molecular flexibility index (Phi) is 8.78. The molecule has 3 heterocycles. The second-order valence-corrected chi connectivity index (χ2v) is 16.8. The molecule has 0 bridgehead atoms. The predicted molar refractivity (Wildman–Crippen MR) is 272 cm³/mol. The van der Waals surface area contributed by atoms with Crippen LogP contribution in [0.15, 0.2) is 235 Å². The molecule has 0 aliphatic heterocycles. The highest BCUT2D eigenvalue weighted by atomic mass is 16.3. The van der Waals surface area contributed by atoms with E-state index in [9.17, 15) is 0 Å². The Hall–Kier alpha value is -8.93. The minimum atomic E-state index is 0.578. The number of aromatic nitrogens is 4. The van der Waals surface area contributed by atoms with Crippen molar-refractivity contribution in [1.82, 2.24) is 19.5 Å². The van der Waals surface area contributed by atoms with E-state index >= 15 is 0 Å². The Morgan fingerprint density at radius 2 is 0.803 bits per heavy atom. The molecule has 0 aliphatic carbocycles. The summed E-state index contributed by atoms with van der Waals surface area (Å²) < 4.78 is 8.90. The van der Waals surface area contributed by atoms with Gasteiger partial charge in [0.15, 0.2) is 17.5 Å². The van der Waals surface area contributed by atoms with Crippen molar-refractivity contribution in [3.05, 3.63) is 231 Å². The lowest BCUT2D eigenvalue weighted by Gasteiger charge is -2.16. The van der Waals surface area contributed by atoms with Crippen molar-refractivity contribution < 1.29 is 4.42 Å². The van der Waals surface area contributed by atoms with E-state index in [-0.39, 0.29) is 0 Å². The maximum atomic E-state index is 6.51. The standard InChI is InChI=1S/C61H38N4O/c1-3-13-39(14-4-1)41-23-27-43(28-24-41)59-62-60(44-29-25-42(26-30-44)40-15-5-2-6-16-40)64-61(63-59)52-34-32-48(38-53(52)47-31-33-51-50-20-10-12-22-57(50)66-58(51)37-47)65-55-21-11-9-19-49(55)54-35-45-17-7-8-18-46(45)36-56(54)65/h1-38H. The van der Waals surface area contributed by atoms with E-state index in [1.54, 1.807) is 0 Å². The normalized spacial score (nSPS) is 11.6. The molecule has 13 aromatic rings. The van der Waals surface area contributed by atoms with Crippen LogP contribution in [0.5, 0.6) is 0 Å². The third-order valence-corrected chi connectivity index (χ3v) is 12.9. The summed E-state index contributed by atoms with van der Waals surface area (Å²) in [6, 6.07) is 81.1. The molecule has 0 saturated heterocycles. The molecule has 10 aromatic carbocycles. The Balaban J connectivity index is 1.04. The van der Waals surface area contributed by atoms with Gasteiger partial charge >= 0.3 is 0 Å². The fourth-order valence-corrected chi connectivity index (χ4v) is 9.57. The Labute approximate surface area is 380 Å². The number of rotatable bonds is 7. The van der Waals surface area contributed by atoms with Crippen LogP contribution >= 0.6 is 0 Å². The van der Waals surface area contributed by atoms with Gasteiger partial charge in [-0.15, -0.1) is 0 Å². The average molecular weight is 843 g/mol. The second-order valence-electron chi connectivity index (χ2n) is 16.8. The van der Waals surface area contributed by atoms with Crippen LogP contribution in [-0.2, 0) is 0 Å². The molecule has 0 amide bonds. The molecule has 0 N–H and O–H groups in total. The van der Waals surface area contributed by atoms with Crippen LogP contribution in [0.4, 0.5) is 0 Å². The lowest BCUT2D eigenvalue weighted by Crippen LogP contribution is -2.02. The van der Waals surface area contributed by atoms with Gasteiger partial charge in [0.2, 0.25) is 0 Å². The molecule has 0 saturated carbocycles. The second kappa shape index (κ2) is 15.4. The molecule has 5 nitrogen and oxygen atoms in total. The van der Waals surface area contributed by atoms with E-state index < -0.39 is 0 Å². The fraction of sp³-hybridized carbons (Fsp3) is 0. The summed E-state index contributed by atoms with van der Waals surface area (Å²) in [6.45, 7) is 0. The van der Waals surface area contributed by atoms with Gasteiger partial charge < -0.3 is 8.98 Å². The zero-order chi connectivity index (χ0) is 43.6. The van der Waals surface area contributed by atoms with Crippen molar-refractivity contribution in [3.63, 3.8) is 0 Å². The van der Waals surface area contributed by atoms with Crippen molar-refractivity contribution >= 4 is 54.5 Å². The van der Waals surface area contributed by atoms with Crippen molar-refractivity contribution in [2.45, 2.75) is 0 Å². The van der Waals surface area contributed by atoms with Crippen molar-refractivity contribution in [1.29, 1.82) is 0 Å². The molecule has 13 rings (SSSR count). The first-order chi connectivity index (χ1) is 32.7. The Morgan fingerprint density at radius 1 is 0.288 bits per heavy atom. The maximum absolute atomic E-state index is 6.51. The number of fused-ring (bicyclic) bond motifs is 7. The van der Waals surface area contributed by atoms with Gasteiger partial charge in [-0.3, -0.25) is 0 Å². The lowest BCUT2D eigenvalue weighted by atomic mass is 9.96. The number of hydrogen-bond acceptors (Lipinski definition) is 4. The largest absolute Gasteiger partial charge is 0.456 e. The van der Waals surface area contributed by atoms with Gasteiger partial charge in [0.05, 0.1) is 11.0 Å². The van der Waals surface area contributed by atoms with E-state index in [2.05, 4.69) is 211 Å². The molecule has 3 aromatic heterocycles. The molecule has 0 atom stereocenters. The molecule has 0 unspecified atom stereocenters. The van der Waals surface area contributed by atoms with Gasteiger partial charge in [-0.25, -0.2) is 15.0 Å². The van der Waals surface area contributed by atoms with Crippen LogP contribution in [0, 0.1) is 0 Å². The minimum Gasteiger partial charge on any atom is -0.456 e. The summed E-state index contributed by atoms with van der Waals surface area (Å²) in [5.74, 6) is 1.77. The zero-order valence-corrected chi connectivity index (χ0v) is 35.6. The quantitative estimate of drug-likeness (QED) is 0.160. The number of furan rings is 1. The van der Waals surface area contributed by atoms with E-state index in [1.165, 1.54) is 21.5 Å². The number of nitrogens with zero attached hydrogens (tertiary/aromatic N) is 4. The minimum absolute atomic E-state index is 0.578. The molecule has 0 fully saturated rings. The number of para-hydroxylation sites is 2. The van der Waals surface area contributed by atoms with E-state index in [0.717, 1.165) is 88.7 Å². The van der Waals surface area contributed by atoms with Crippen LogP contribution in [-0.4, -0.2) is 19.5 Å². The summed E-state index contributed by atoms with van der Waals surface area (Å²) >= 11 is 0. The van der Waals surface area contributed by atoms with Gasteiger partial charge in [-0.2, -0.15) is 0 Å². The third-order valence-electron chi connectivity index (χ3n) is 12.9. The monoisotopic (exact) mass is 842 g/mol. The summed E-state index contributed by atoms with van der Waals surface area (Å²) in [5, 5.41) is 6.99. The molecular formula is C61H38N4O. The summed E-state index contributed by atoms with van der Waals surface area (Å²) in [4.78, 5) is 15.8. The number of benzene rings is 10. The van der Waals surface area contributed by atoms with Crippen LogP contribution < -0.4 is 0 Å². The Bertz CT molecular complexity index is 3860. The van der Waals surface area contributed by atoms with Crippen LogP contribution in [0.25, 0.3) is 128 Å². The molecule has 5 heteroatoms. The highest BCUT2D eigenvalue weighted by Crippen LogP contribution is 2.41. The van der Waals surface area contributed by atoms with Gasteiger partial charge in [0, 0.05) is 43.9 Å². The lowest BCUT2D eigenvalue weighted by molar-refractivity contribution is 0.669. The van der Waals surface area contributed by atoms with E-state index in [0.29, 0.717) is 17.5 Å². The van der Waals surface area contributed by atoms with Crippen LogP contribution in [0.3, 0.4) is 0 Å². The zero-order valence-electron chi connectivity index (χ0n) is 35.6. The SMILES string of the molecule is c1ccc(-c2ccc(-c3nc(-c4ccc(-c5ccccc5)cc4)nc(-c4ccc(-n5c6ccccc6c6cc7ccccc7cc65)cc4-c4ccc5c(c4)oc4ccccc45)n3)cc2)cc1. The third kappa shape index (κ3) is 6.44. The van der Waals surface area contributed by atoms with Crippen LogP contribution in [0.1, 0.15) is 0 Å². The van der Waals surface area contributed by atoms with Gasteiger partial charge in [0.1, 0.15) is 11.2 Å². The molecule has 66 heavy (non-hydrogen) atoms. The topological polar surface area (TPSA) is 56.7 Å². The molecule has 0 aliphatic rings. The number of hydrogen-bond donors (Lipinski definition) is 0. The summed E-state index contributed by atoms with van der Waals surface area (Å²) in [5.41, 5.74) is 14.2. The van der Waals surface area contributed by atoms with Gasteiger partial charge in [-0.05, 0) is 98.8 Å². The fourth-order valence-electron chi connectivity index (χ4n) is 9.57. The summed E-state index contributed by atoms with van der Waals surface area (Å²) in [7, 11) is 0. The van der Waals surface area contributed by atoms with E-state index in [1.807, 2.05) is 24.3 Å². The molecule has 0 spiro atoms. The molecule has 308 valence electrons. The molecule has 0 radical (unpaired) electrons. The highest BCUT2D eigenvalue weighted by Gasteiger charge is 2.20. The van der Waals surface area contributed by atoms with Crippen molar-refractivity contribution in [2.24, 2.45) is 0 Å². The predicted octanol–water partition coefficient (Wildman–Crippen LogP) is 16.0. The van der Waals surface area contributed by atoms with Crippen molar-refractivity contribution in [2.75, 3.05) is 0 Å². The first kappa shape index (κ1) is 37.6.